The van der Waals surface area contributed by atoms with Gasteiger partial charge in [-0.15, -0.1) is 0 Å². The van der Waals surface area contributed by atoms with E-state index in [4.69, 9.17) is 4.74 Å². The lowest BCUT2D eigenvalue weighted by Crippen LogP contribution is -2.49. The maximum atomic E-state index is 5.85. The van der Waals surface area contributed by atoms with Crippen LogP contribution < -0.4 is 5.32 Å². The summed E-state index contributed by atoms with van der Waals surface area (Å²) < 4.78 is 5.85. The standard InChI is InChI=1S/C15H30N2O/c1-5-16-15(10-18-11(2)3)12-8-13-6-7-14(9-12)17(13)4/h11-16H,5-10H2,1-4H3. The Labute approximate surface area is 112 Å². The average Bonchev–Trinajstić information content (AvgIpc) is 2.56. The fraction of sp³-hybridized carbons (Fsp3) is 1.00. The van der Waals surface area contributed by atoms with Crippen molar-refractivity contribution in [3.8, 4) is 0 Å². The van der Waals surface area contributed by atoms with E-state index in [0.29, 0.717) is 12.1 Å². The number of nitrogens with zero attached hydrogens (tertiary/aromatic N) is 1. The molecule has 2 aliphatic rings. The van der Waals surface area contributed by atoms with E-state index < -0.39 is 0 Å². The van der Waals surface area contributed by atoms with Crippen LogP contribution in [0.2, 0.25) is 0 Å². The van der Waals surface area contributed by atoms with Gasteiger partial charge in [0.1, 0.15) is 0 Å². The highest BCUT2D eigenvalue weighted by molar-refractivity contribution is 4.96. The summed E-state index contributed by atoms with van der Waals surface area (Å²) in [5.74, 6) is 0.803. The molecule has 106 valence electrons. The monoisotopic (exact) mass is 254 g/mol. The highest BCUT2D eigenvalue weighted by Crippen LogP contribution is 2.38. The Kier molecular flexibility index (Phi) is 5.05. The normalized spacial score (nSPS) is 34.2. The van der Waals surface area contributed by atoms with Crippen LogP contribution in [-0.2, 0) is 4.74 Å². The van der Waals surface area contributed by atoms with Crippen LogP contribution in [0.3, 0.4) is 0 Å². The molecule has 2 fully saturated rings. The topological polar surface area (TPSA) is 24.5 Å². The lowest BCUT2D eigenvalue weighted by Gasteiger charge is -2.40. The molecule has 18 heavy (non-hydrogen) atoms. The molecule has 3 atom stereocenters. The van der Waals surface area contributed by atoms with E-state index >= 15 is 0 Å². The van der Waals surface area contributed by atoms with Crippen molar-refractivity contribution in [1.29, 1.82) is 0 Å². The Balaban J connectivity index is 1.90. The molecule has 0 radical (unpaired) electrons. The van der Waals surface area contributed by atoms with E-state index in [1.807, 2.05) is 0 Å². The van der Waals surface area contributed by atoms with Crippen molar-refractivity contribution < 1.29 is 4.74 Å². The highest BCUT2D eigenvalue weighted by atomic mass is 16.5. The van der Waals surface area contributed by atoms with Gasteiger partial charge in [-0.1, -0.05) is 6.92 Å². The molecule has 0 aliphatic carbocycles. The first-order chi connectivity index (χ1) is 8.61. The van der Waals surface area contributed by atoms with Crippen LogP contribution in [0.5, 0.6) is 0 Å². The summed E-state index contributed by atoms with van der Waals surface area (Å²) in [5, 5.41) is 3.65. The number of rotatable bonds is 6. The number of piperidine rings is 1. The second-order valence-corrected chi connectivity index (χ2v) is 6.33. The van der Waals surface area contributed by atoms with E-state index in [1.54, 1.807) is 0 Å². The molecule has 0 aromatic heterocycles. The van der Waals surface area contributed by atoms with Gasteiger partial charge in [-0.3, -0.25) is 0 Å². The molecule has 0 aromatic rings. The van der Waals surface area contributed by atoms with Gasteiger partial charge >= 0.3 is 0 Å². The summed E-state index contributed by atoms with van der Waals surface area (Å²) in [7, 11) is 2.31. The van der Waals surface area contributed by atoms with Crippen LogP contribution in [-0.4, -0.2) is 49.3 Å². The van der Waals surface area contributed by atoms with E-state index in [-0.39, 0.29) is 0 Å². The minimum Gasteiger partial charge on any atom is -0.377 e. The van der Waals surface area contributed by atoms with E-state index in [2.05, 4.69) is 38.0 Å². The van der Waals surface area contributed by atoms with Crippen molar-refractivity contribution >= 4 is 0 Å². The summed E-state index contributed by atoms with van der Waals surface area (Å²) in [4.78, 5) is 2.61. The smallest absolute Gasteiger partial charge is 0.0625 e. The Morgan fingerprint density at radius 2 is 1.83 bits per heavy atom. The van der Waals surface area contributed by atoms with E-state index in [0.717, 1.165) is 31.2 Å². The first-order valence-electron chi connectivity index (χ1n) is 7.68. The molecule has 3 nitrogen and oxygen atoms in total. The maximum Gasteiger partial charge on any atom is 0.0625 e. The van der Waals surface area contributed by atoms with Crippen LogP contribution in [0.15, 0.2) is 0 Å². The highest BCUT2D eigenvalue weighted by Gasteiger charge is 2.40. The Bertz CT molecular complexity index is 243. The molecule has 3 unspecified atom stereocenters. The summed E-state index contributed by atoms with van der Waals surface area (Å²) in [6, 6.07) is 2.21. The third kappa shape index (κ3) is 3.25. The predicted molar refractivity (Wildman–Crippen MR) is 75.8 cm³/mol. The van der Waals surface area contributed by atoms with Crippen molar-refractivity contribution in [1.82, 2.24) is 10.2 Å². The van der Waals surface area contributed by atoms with Crippen LogP contribution in [0.4, 0.5) is 0 Å². The average molecular weight is 254 g/mol. The third-order valence-corrected chi connectivity index (χ3v) is 4.78. The molecule has 2 rings (SSSR count). The van der Waals surface area contributed by atoms with Gasteiger partial charge in [-0.2, -0.15) is 0 Å². The maximum absolute atomic E-state index is 5.85. The molecule has 0 amide bonds. The first-order valence-corrected chi connectivity index (χ1v) is 7.68. The van der Waals surface area contributed by atoms with Crippen molar-refractivity contribution in [3.05, 3.63) is 0 Å². The SMILES string of the molecule is CCNC(COC(C)C)C1CC2CCC(C1)N2C. The minimum atomic E-state index is 0.342. The molecule has 2 saturated heterocycles. The Morgan fingerprint density at radius 1 is 1.22 bits per heavy atom. The van der Waals surface area contributed by atoms with Gasteiger partial charge in [0.15, 0.2) is 0 Å². The van der Waals surface area contributed by atoms with Crippen molar-refractivity contribution in [2.75, 3.05) is 20.2 Å². The quantitative estimate of drug-likeness (QED) is 0.787. The molecule has 3 heteroatoms. The molecule has 2 bridgehead atoms. The Morgan fingerprint density at radius 3 is 2.33 bits per heavy atom. The van der Waals surface area contributed by atoms with Crippen LogP contribution >= 0.6 is 0 Å². The summed E-state index contributed by atoms with van der Waals surface area (Å²) >= 11 is 0. The third-order valence-electron chi connectivity index (χ3n) is 4.78. The zero-order valence-electron chi connectivity index (χ0n) is 12.5. The summed E-state index contributed by atoms with van der Waals surface area (Å²) in [5.41, 5.74) is 0. The fourth-order valence-electron chi connectivity index (χ4n) is 3.70. The molecule has 2 heterocycles. The van der Waals surface area contributed by atoms with Crippen LogP contribution in [0.25, 0.3) is 0 Å². The number of hydrogen-bond donors (Lipinski definition) is 1. The van der Waals surface area contributed by atoms with Gasteiger partial charge in [0, 0.05) is 18.1 Å². The first kappa shape index (κ1) is 14.3. The van der Waals surface area contributed by atoms with Crippen molar-refractivity contribution in [2.24, 2.45) is 5.92 Å². The minimum absolute atomic E-state index is 0.342. The van der Waals surface area contributed by atoms with Gasteiger partial charge in [0.25, 0.3) is 0 Å². The number of fused-ring (bicyclic) bond motifs is 2. The second kappa shape index (κ2) is 6.36. The number of hydrogen-bond acceptors (Lipinski definition) is 3. The lowest BCUT2D eigenvalue weighted by atomic mass is 9.85. The number of nitrogens with one attached hydrogen (secondary N) is 1. The van der Waals surface area contributed by atoms with Crippen molar-refractivity contribution in [2.45, 2.75) is 70.7 Å². The van der Waals surface area contributed by atoms with Gasteiger partial charge in [-0.05, 0) is 59.0 Å². The largest absolute Gasteiger partial charge is 0.377 e. The van der Waals surface area contributed by atoms with Gasteiger partial charge in [0.2, 0.25) is 0 Å². The molecule has 0 aromatic carbocycles. The zero-order valence-corrected chi connectivity index (χ0v) is 12.5. The van der Waals surface area contributed by atoms with E-state index in [1.165, 1.54) is 25.7 Å². The molecule has 0 saturated carbocycles. The molecular weight excluding hydrogens is 224 g/mol. The molecule has 0 spiro atoms. The molecule has 1 N–H and O–H groups in total. The number of ether oxygens (including phenoxy) is 1. The summed E-state index contributed by atoms with van der Waals surface area (Å²) in [6.45, 7) is 8.38. The predicted octanol–water partition coefficient (Wildman–Crippen LogP) is 2.26. The Hall–Kier alpha value is -0.120. The van der Waals surface area contributed by atoms with Crippen LogP contribution in [0.1, 0.15) is 46.5 Å². The molecular formula is C15H30N2O. The lowest BCUT2D eigenvalue weighted by molar-refractivity contribution is 0.0286. The van der Waals surface area contributed by atoms with Gasteiger partial charge in [-0.25, -0.2) is 0 Å². The molecule has 2 aliphatic heterocycles. The second-order valence-electron chi connectivity index (χ2n) is 6.33. The van der Waals surface area contributed by atoms with Crippen LogP contribution in [0, 0.1) is 5.92 Å². The van der Waals surface area contributed by atoms with Gasteiger partial charge < -0.3 is 15.0 Å². The summed E-state index contributed by atoms with van der Waals surface area (Å²) in [6.07, 6.45) is 5.86. The van der Waals surface area contributed by atoms with E-state index in [9.17, 15) is 0 Å². The zero-order chi connectivity index (χ0) is 13.1. The fourth-order valence-corrected chi connectivity index (χ4v) is 3.70. The van der Waals surface area contributed by atoms with Gasteiger partial charge in [0.05, 0.1) is 12.7 Å². The number of likely N-dealkylation sites (N-methyl/N-ethyl adjacent to an activating group) is 1. The van der Waals surface area contributed by atoms with Crippen molar-refractivity contribution in [3.63, 3.8) is 0 Å².